The normalized spacial score (nSPS) is 13.5. The summed E-state index contributed by atoms with van der Waals surface area (Å²) in [6, 6.07) is 1.06. The third-order valence-corrected chi connectivity index (χ3v) is 3.24. The summed E-state index contributed by atoms with van der Waals surface area (Å²) in [4.78, 5) is 6.73. The average Bonchev–Trinajstić information content (AvgIpc) is 2.84. The van der Waals surface area contributed by atoms with Crippen molar-refractivity contribution in [1.82, 2.24) is 10.3 Å². The quantitative estimate of drug-likeness (QED) is 0.795. The lowest BCUT2D eigenvalue weighted by molar-refractivity contribution is 0.201. The topological polar surface area (TPSA) is 50.5 Å². The minimum Gasteiger partial charge on any atom is -0.432 e. The number of nitrogens with one attached hydrogen (secondary N) is 1. The number of oxazole rings is 1. The van der Waals surface area contributed by atoms with Crippen LogP contribution in [0.25, 0.3) is 0 Å². The maximum Gasteiger partial charge on any atom is 0.297 e. The van der Waals surface area contributed by atoms with E-state index in [2.05, 4.69) is 49.8 Å². The molecule has 1 unspecified atom stereocenters. The number of nitrogens with zero attached hydrogens (tertiary/aromatic N) is 2. The van der Waals surface area contributed by atoms with Crippen molar-refractivity contribution < 1.29 is 9.15 Å². The molecule has 5 nitrogen and oxygen atoms in total. The molecule has 0 spiro atoms. The molecule has 0 aliphatic rings. The zero-order chi connectivity index (χ0) is 15.2. The van der Waals surface area contributed by atoms with Gasteiger partial charge < -0.3 is 19.4 Å². The van der Waals surface area contributed by atoms with Crippen LogP contribution in [0.5, 0.6) is 0 Å². The van der Waals surface area contributed by atoms with Crippen LogP contribution in [0.15, 0.2) is 10.7 Å². The maximum absolute atomic E-state index is 5.63. The van der Waals surface area contributed by atoms with Gasteiger partial charge in [-0.15, -0.1) is 0 Å². The molecule has 1 aromatic heterocycles. The van der Waals surface area contributed by atoms with Gasteiger partial charge >= 0.3 is 0 Å². The number of anilines is 1. The monoisotopic (exact) mass is 283 g/mol. The van der Waals surface area contributed by atoms with Crippen molar-refractivity contribution >= 4 is 6.01 Å². The zero-order valence-electron chi connectivity index (χ0n) is 13.7. The Hall–Kier alpha value is -1.07. The van der Waals surface area contributed by atoms with Gasteiger partial charge in [0.15, 0.2) is 0 Å². The molecule has 0 saturated heterocycles. The fourth-order valence-corrected chi connectivity index (χ4v) is 1.78. The number of methoxy groups -OCH3 is 1. The Morgan fingerprint density at radius 1 is 1.45 bits per heavy atom. The third-order valence-electron chi connectivity index (χ3n) is 3.24. The molecule has 5 heteroatoms. The molecule has 0 bridgehead atoms. The Bertz CT molecular complexity index is 385. The van der Waals surface area contributed by atoms with E-state index in [9.17, 15) is 0 Å². The molecule has 0 saturated carbocycles. The summed E-state index contributed by atoms with van der Waals surface area (Å²) >= 11 is 0. The van der Waals surface area contributed by atoms with Crippen LogP contribution in [-0.2, 0) is 11.3 Å². The van der Waals surface area contributed by atoms with E-state index in [1.165, 1.54) is 0 Å². The van der Waals surface area contributed by atoms with Gasteiger partial charge in [-0.05, 0) is 34.1 Å². The van der Waals surface area contributed by atoms with Crippen LogP contribution < -0.4 is 10.2 Å². The molecule has 1 aromatic rings. The van der Waals surface area contributed by atoms with E-state index in [1.807, 2.05) is 0 Å². The Morgan fingerprint density at radius 3 is 2.70 bits per heavy atom. The Morgan fingerprint density at radius 2 is 2.15 bits per heavy atom. The summed E-state index contributed by atoms with van der Waals surface area (Å²) in [5.74, 6) is 0. The number of hydrogen-bond donors (Lipinski definition) is 1. The van der Waals surface area contributed by atoms with Crippen molar-refractivity contribution in [2.24, 2.45) is 0 Å². The molecular weight excluding hydrogens is 254 g/mol. The van der Waals surface area contributed by atoms with E-state index in [4.69, 9.17) is 9.15 Å². The van der Waals surface area contributed by atoms with Gasteiger partial charge in [-0.1, -0.05) is 6.92 Å². The summed E-state index contributed by atoms with van der Waals surface area (Å²) in [6.07, 6.45) is 2.78. The van der Waals surface area contributed by atoms with Gasteiger partial charge in [0.05, 0.1) is 12.3 Å². The smallest absolute Gasteiger partial charge is 0.297 e. The van der Waals surface area contributed by atoms with Crippen LogP contribution in [-0.4, -0.2) is 36.8 Å². The van der Waals surface area contributed by atoms with Gasteiger partial charge in [0.2, 0.25) is 0 Å². The highest BCUT2D eigenvalue weighted by Gasteiger charge is 2.18. The molecule has 0 aromatic carbocycles. The van der Waals surface area contributed by atoms with E-state index in [0.717, 1.165) is 18.7 Å². The highest BCUT2D eigenvalue weighted by Crippen LogP contribution is 2.18. The molecule has 0 aliphatic heterocycles. The number of hydrogen-bond acceptors (Lipinski definition) is 5. The van der Waals surface area contributed by atoms with Crippen LogP contribution in [0.3, 0.4) is 0 Å². The summed E-state index contributed by atoms with van der Waals surface area (Å²) in [5, 5.41) is 3.41. The number of rotatable bonds is 8. The summed E-state index contributed by atoms with van der Waals surface area (Å²) in [6.45, 7) is 12.9. The lowest BCUT2D eigenvalue weighted by Gasteiger charge is -2.26. The van der Waals surface area contributed by atoms with E-state index in [1.54, 1.807) is 13.4 Å². The first-order valence-corrected chi connectivity index (χ1v) is 7.32. The average molecular weight is 283 g/mol. The summed E-state index contributed by atoms with van der Waals surface area (Å²) in [7, 11) is 1.71. The summed E-state index contributed by atoms with van der Waals surface area (Å²) < 4.78 is 10.8. The lowest BCUT2D eigenvalue weighted by Crippen LogP contribution is -2.36. The minimum absolute atomic E-state index is 0.0750. The Kier molecular flexibility index (Phi) is 6.49. The van der Waals surface area contributed by atoms with Crippen molar-refractivity contribution in [3.63, 3.8) is 0 Å². The van der Waals surface area contributed by atoms with E-state index in [-0.39, 0.29) is 5.54 Å². The largest absolute Gasteiger partial charge is 0.432 e. The second-order valence-corrected chi connectivity index (χ2v) is 6.17. The second kappa shape index (κ2) is 7.64. The van der Waals surface area contributed by atoms with E-state index >= 15 is 0 Å². The van der Waals surface area contributed by atoms with Crippen LogP contribution in [0.2, 0.25) is 0 Å². The van der Waals surface area contributed by atoms with E-state index in [0.29, 0.717) is 25.2 Å². The van der Waals surface area contributed by atoms with Gasteiger partial charge in [0, 0.05) is 31.8 Å². The first kappa shape index (κ1) is 17.0. The molecule has 1 atom stereocenters. The molecular formula is C15H29N3O2. The van der Waals surface area contributed by atoms with Crippen LogP contribution in [0.4, 0.5) is 6.01 Å². The van der Waals surface area contributed by atoms with Crippen LogP contribution >= 0.6 is 0 Å². The molecule has 1 N–H and O–H groups in total. The predicted octanol–water partition coefficient (Wildman–Crippen LogP) is 2.81. The highest BCUT2D eigenvalue weighted by atomic mass is 16.5. The maximum atomic E-state index is 5.63. The standard InChI is InChI=1S/C15H29N3O2/c1-7-12(2)18(8-9-19-6)14-17-13(11-20-14)10-16-15(3,4)5/h11-12,16H,7-10H2,1-6H3. The molecule has 0 aliphatic carbocycles. The number of aromatic nitrogens is 1. The molecule has 1 heterocycles. The van der Waals surface area contributed by atoms with Crippen LogP contribution in [0, 0.1) is 0 Å². The molecule has 0 radical (unpaired) electrons. The fraction of sp³-hybridized carbons (Fsp3) is 0.800. The van der Waals surface area contributed by atoms with Gasteiger partial charge in [0.25, 0.3) is 6.01 Å². The van der Waals surface area contributed by atoms with Crippen LogP contribution in [0.1, 0.15) is 46.7 Å². The lowest BCUT2D eigenvalue weighted by atomic mass is 10.1. The summed E-state index contributed by atoms with van der Waals surface area (Å²) in [5.41, 5.74) is 1.01. The molecule has 1 rings (SSSR count). The number of ether oxygens (including phenoxy) is 1. The zero-order valence-corrected chi connectivity index (χ0v) is 13.7. The van der Waals surface area contributed by atoms with Gasteiger partial charge in [-0.3, -0.25) is 0 Å². The van der Waals surface area contributed by atoms with Crippen molar-refractivity contribution in [2.45, 2.75) is 59.2 Å². The SMILES string of the molecule is CCC(C)N(CCOC)c1nc(CNC(C)(C)C)co1. The van der Waals surface area contributed by atoms with Gasteiger partial charge in [-0.2, -0.15) is 4.98 Å². The minimum atomic E-state index is 0.0750. The van der Waals surface area contributed by atoms with Crippen molar-refractivity contribution in [3.8, 4) is 0 Å². The molecule has 0 fully saturated rings. The van der Waals surface area contributed by atoms with Gasteiger partial charge in [0.1, 0.15) is 6.26 Å². The van der Waals surface area contributed by atoms with Crippen molar-refractivity contribution in [1.29, 1.82) is 0 Å². The fourth-order valence-electron chi connectivity index (χ4n) is 1.78. The Labute approximate surface area is 122 Å². The second-order valence-electron chi connectivity index (χ2n) is 6.17. The third kappa shape index (κ3) is 5.51. The molecule has 20 heavy (non-hydrogen) atoms. The van der Waals surface area contributed by atoms with Gasteiger partial charge in [-0.25, -0.2) is 0 Å². The van der Waals surface area contributed by atoms with E-state index < -0.39 is 0 Å². The molecule has 116 valence electrons. The first-order chi connectivity index (χ1) is 9.37. The highest BCUT2D eigenvalue weighted by molar-refractivity contribution is 5.28. The van der Waals surface area contributed by atoms with Crippen molar-refractivity contribution in [3.05, 3.63) is 12.0 Å². The predicted molar refractivity (Wildman–Crippen MR) is 82.1 cm³/mol. The first-order valence-electron chi connectivity index (χ1n) is 7.32. The molecule has 0 amide bonds. The van der Waals surface area contributed by atoms with Crippen molar-refractivity contribution in [2.75, 3.05) is 25.2 Å². The Balaban J connectivity index is 2.70.